The van der Waals surface area contributed by atoms with Crippen molar-refractivity contribution in [3.05, 3.63) is 76.0 Å². The largest absolute Gasteiger partial charge is 0.381 e. The fraction of sp³-hybridized carbons (Fsp3) is 0.250. The number of likely N-dealkylation sites (tertiary alicyclic amines) is 1. The van der Waals surface area contributed by atoms with Gasteiger partial charge in [-0.15, -0.1) is 11.3 Å². The van der Waals surface area contributed by atoms with Gasteiger partial charge in [0.15, 0.2) is 0 Å². The number of amides is 1. The molecule has 4 heterocycles. The van der Waals surface area contributed by atoms with Gasteiger partial charge in [0.05, 0.1) is 21.9 Å². The number of benzene rings is 1. The number of carbonyl (C=O) groups excluding carboxylic acids is 1. The first-order valence-corrected chi connectivity index (χ1v) is 11.0. The van der Waals surface area contributed by atoms with Crippen molar-refractivity contribution in [2.45, 2.75) is 18.9 Å². The quantitative estimate of drug-likeness (QED) is 0.495. The second kappa shape index (κ2) is 7.70. The van der Waals surface area contributed by atoms with Gasteiger partial charge in [-0.3, -0.25) is 14.0 Å². The van der Waals surface area contributed by atoms with E-state index in [0.29, 0.717) is 29.7 Å². The molecule has 0 bridgehead atoms. The number of hydrogen-bond acceptors (Lipinski definition) is 4. The molecule has 0 saturated carbocycles. The van der Waals surface area contributed by atoms with Crippen molar-refractivity contribution in [1.82, 2.24) is 9.30 Å². The predicted molar refractivity (Wildman–Crippen MR) is 120 cm³/mol. The Labute approximate surface area is 178 Å². The summed E-state index contributed by atoms with van der Waals surface area (Å²) in [5, 5.41) is 3.04. The molecule has 1 fully saturated rings. The fourth-order valence-corrected chi connectivity index (χ4v) is 5.20. The summed E-state index contributed by atoms with van der Waals surface area (Å²) < 4.78 is 8.05. The number of ether oxygens (including phenoxy) is 1. The number of hydrogen-bond donors (Lipinski definition) is 0. The molecule has 6 heteroatoms. The molecule has 0 aliphatic carbocycles. The topological polar surface area (TPSA) is 51.0 Å². The van der Waals surface area contributed by atoms with E-state index >= 15 is 0 Å². The lowest BCUT2D eigenvalue weighted by atomic mass is 10.0. The summed E-state index contributed by atoms with van der Waals surface area (Å²) in [6.07, 6.45) is 3.64. The minimum atomic E-state index is -0.110. The summed E-state index contributed by atoms with van der Waals surface area (Å²) >= 11 is 1.56. The van der Waals surface area contributed by atoms with E-state index in [1.807, 2.05) is 52.7 Å². The van der Waals surface area contributed by atoms with Crippen LogP contribution in [0.25, 0.3) is 26.7 Å². The number of pyridine rings is 2. The third-order valence-corrected chi connectivity index (χ3v) is 6.86. The lowest BCUT2D eigenvalue weighted by molar-refractivity contribution is 0.0351. The number of piperidine rings is 1. The standard InChI is InChI=1S/C24H22N2O3S/c1-29-18-8-11-25(12-9-18)23(27)20-15-19(16-5-3-2-4-6-16)24(28)26-13-7-17-10-14-30-22(17)21(20)26/h2-7,10,13-15,18H,8-9,11-12H2,1H3. The van der Waals surface area contributed by atoms with E-state index in [0.717, 1.165) is 28.5 Å². The zero-order valence-corrected chi connectivity index (χ0v) is 17.5. The molecule has 30 heavy (non-hydrogen) atoms. The normalized spacial score (nSPS) is 15.2. The maximum Gasteiger partial charge on any atom is 0.263 e. The molecule has 1 aromatic carbocycles. The minimum Gasteiger partial charge on any atom is -0.381 e. The molecule has 1 saturated heterocycles. The van der Waals surface area contributed by atoms with Crippen LogP contribution in [0.15, 0.2) is 64.9 Å². The minimum absolute atomic E-state index is 0.0277. The number of aromatic nitrogens is 1. The highest BCUT2D eigenvalue weighted by atomic mass is 32.1. The van der Waals surface area contributed by atoms with Crippen LogP contribution >= 0.6 is 11.3 Å². The van der Waals surface area contributed by atoms with Crippen LogP contribution < -0.4 is 5.56 Å². The molecule has 1 amide bonds. The van der Waals surface area contributed by atoms with E-state index in [9.17, 15) is 9.59 Å². The highest BCUT2D eigenvalue weighted by molar-refractivity contribution is 7.18. The van der Waals surface area contributed by atoms with Crippen molar-refractivity contribution in [2.75, 3.05) is 20.2 Å². The van der Waals surface area contributed by atoms with Crippen LogP contribution in [0.4, 0.5) is 0 Å². The maximum atomic E-state index is 13.6. The van der Waals surface area contributed by atoms with E-state index < -0.39 is 0 Å². The Morgan fingerprint density at radius 2 is 1.87 bits per heavy atom. The summed E-state index contributed by atoms with van der Waals surface area (Å²) in [5.41, 5.74) is 2.53. The number of carbonyl (C=O) groups is 1. The molecule has 152 valence electrons. The SMILES string of the molecule is COC1CCN(C(=O)c2cc(-c3ccccc3)c(=O)n3ccc4ccsc4c23)CC1. The molecule has 1 aliphatic heterocycles. The van der Waals surface area contributed by atoms with E-state index in [1.165, 1.54) is 0 Å². The molecule has 0 N–H and O–H groups in total. The van der Waals surface area contributed by atoms with Crippen LogP contribution in [-0.2, 0) is 4.74 Å². The average molecular weight is 419 g/mol. The van der Waals surface area contributed by atoms with Crippen molar-refractivity contribution in [3.63, 3.8) is 0 Å². The fourth-order valence-electron chi connectivity index (χ4n) is 4.26. The van der Waals surface area contributed by atoms with Gasteiger partial charge in [0.1, 0.15) is 0 Å². The van der Waals surface area contributed by atoms with E-state index in [1.54, 1.807) is 35.1 Å². The van der Waals surface area contributed by atoms with Crippen molar-refractivity contribution >= 4 is 32.8 Å². The van der Waals surface area contributed by atoms with Crippen LogP contribution in [-0.4, -0.2) is 41.5 Å². The van der Waals surface area contributed by atoms with Gasteiger partial charge in [-0.1, -0.05) is 30.3 Å². The Morgan fingerprint density at radius 3 is 2.60 bits per heavy atom. The lowest BCUT2D eigenvalue weighted by Gasteiger charge is -2.31. The molecule has 5 nitrogen and oxygen atoms in total. The molecule has 0 atom stereocenters. The molecule has 0 radical (unpaired) electrons. The maximum absolute atomic E-state index is 13.6. The molecule has 0 spiro atoms. The van der Waals surface area contributed by atoms with Crippen molar-refractivity contribution in [3.8, 4) is 11.1 Å². The van der Waals surface area contributed by atoms with E-state index in [4.69, 9.17) is 4.74 Å². The van der Waals surface area contributed by atoms with Gasteiger partial charge in [0.25, 0.3) is 11.5 Å². The Balaban J connectivity index is 1.73. The monoisotopic (exact) mass is 418 g/mol. The third-order valence-electron chi connectivity index (χ3n) is 5.93. The first-order valence-electron chi connectivity index (χ1n) is 10.1. The Bertz CT molecular complexity index is 1280. The van der Waals surface area contributed by atoms with Gasteiger partial charge >= 0.3 is 0 Å². The molecular weight excluding hydrogens is 396 g/mol. The second-order valence-electron chi connectivity index (χ2n) is 7.61. The second-order valence-corrected chi connectivity index (χ2v) is 8.53. The van der Waals surface area contributed by atoms with Gasteiger partial charge in [0.2, 0.25) is 0 Å². The number of rotatable bonds is 3. The zero-order chi connectivity index (χ0) is 20.7. The molecule has 4 aromatic rings. The number of fused-ring (bicyclic) bond motifs is 3. The van der Waals surface area contributed by atoms with Crippen molar-refractivity contribution in [1.29, 1.82) is 0 Å². The summed E-state index contributed by atoms with van der Waals surface area (Å²) in [6, 6.07) is 15.3. The van der Waals surface area contributed by atoms with Crippen molar-refractivity contribution < 1.29 is 9.53 Å². The third kappa shape index (κ3) is 3.13. The molecule has 0 unspecified atom stereocenters. The van der Waals surface area contributed by atoms with Gasteiger partial charge < -0.3 is 9.64 Å². The lowest BCUT2D eigenvalue weighted by Crippen LogP contribution is -2.41. The molecule has 3 aromatic heterocycles. The van der Waals surface area contributed by atoms with Crippen LogP contribution in [0.1, 0.15) is 23.2 Å². The summed E-state index contributed by atoms with van der Waals surface area (Å²) in [5.74, 6) is -0.0277. The zero-order valence-electron chi connectivity index (χ0n) is 16.7. The van der Waals surface area contributed by atoms with E-state index in [-0.39, 0.29) is 17.6 Å². The average Bonchev–Trinajstić information content (AvgIpc) is 3.29. The highest BCUT2D eigenvalue weighted by Gasteiger charge is 2.27. The molecule has 5 rings (SSSR count). The first kappa shape index (κ1) is 19.0. The Kier molecular flexibility index (Phi) is 4.89. The summed E-state index contributed by atoms with van der Waals surface area (Å²) in [4.78, 5) is 28.9. The number of methoxy groups -OCH3 is 1. The summed E-state index contributed by atoms with van der Waals surface area (Å²) in [7, 11) is 1.72. The van der Waals surface area contributed by atoms with Gasteiger partial charge in [-0.25, -0.2) is 0 Å². The van der Waals surface area contributed by atoms with Crippen LogP contribution in [0.3, 0.4) is 0 Å². The van der Waals surface area contributed by atoms with Crippen LogP contribution in [0.5, 0.6) is 0 Å². The van der Waals surface area contributed by atoms with Gasteiger partial charge in [-0.05, 0) is 47.4 Å². The summed E-state index contributed by atoms with van der Waals surface area (Å²) in [6.45, 7) is 1.31. The Hall–Kier alpha value is -2.96. The first-order chi connectivity index (χ1) is 14.7. The van der Waals surface area contributed by atoms with Gasteiger partial charge in [-0.2, -0.15) is 0 Å². The predicted octanol–water partition coefficient (Wildman–Crippen LogP) is 4.43. The number of thiophene rings is 1. The van der Waals surface area contributed by atoms with Gasteiger partial charge in [0, 0.05) is 32.0 Å². The Morgan fingerprint density at radius 1 is 1.10 bits per heavy atom. The van der Waals surface area contributed by atoms with Crippen molar-refractivity contribution in [2.24, 2.45) is 0 Å². The highest BCUT2D eigenvalue weighted by Crippen LogP contribution is 2.30. The van der Waals surface area contributed by atoms with Crippen LogP contribution in [0, 0.1) is 0 Å². The number of nitrogens with zero attached hydrogens (tertiary/aromatic N) is 2. The smallest absolute Gasteiger partial charge is 0.263 e. The molecule has 1 aliphatic rings. The van der Waals surface area contributed by atoms with Crippen LogP contribution in [0.2, 0.25) is 0 Å². The molecular formula is C24H22N2O3S. The van der Waals surface area contributed by atoms with E-state index in [2.05, 4.69) is 0 Å².